The molecular formula is C16H13BrN4O5. The summed E-state index contributed by atoms with van der Waals surface area (Å²) in [5.41, 5.74) is 0.843. The largest absolute Gasteiger partial charge is 0.480 e. The summed E-state index contributed by atoms with van der Waals surface area (Å²) in [6, 6.07) is 7.49. The number of carbonyl (C=O) groups excluding carboxylic acids is 2. The maximum Gasteiger partial charge on any atom is 0.271 e. The zero-order chi connectivity index (χ0) is 18.8. The van der Waals surface area contributed by atoms with E-state index in [0.717, 1.165) is 0 Å². The van der Waals surface area contributed by atoms with Gasteiger partial charge in [0, 0.05) is 12.1 Å². The number of benzene rings is 1. The average Bonchev–Trinajstić information content (AvgIpc) is 2.59. The van der Waals surface area contributed by atoms with E-state index < -0.39 is 16.7 Å². The highest BCUT2D eigenvalue weighted by atomic mass is 79.9. The smallest absolute Gasteiger partial charge is 0.271 e. The monoisotopic (exact) mass is 420 g/mol. The van der Waals surface area contributed by atoms with Crippen LogP contribution in [0.1, 0.15) is 5.56 Å². The molecule has 9 nitrogen and oxygen atoms in total. The van der Waals surface area contributed by atoms with Crippen LogP contribution in [0, 0.1) is 17.0 Å². The summed E-state index contributed by atoms with van der Waals surface area (Å²) in [7, 11) is 0. The maximum absolute atomic E-state index is 12.4. The number of amides is 2. The number of rotatable bonds is 4. The number of ether oxygens (including phenoxy) is 1. The Labute approximate surface area is 156 Å². The molecular weight excluding hydrogens is 408 g/mol. The van der Waals surface area contributed by atoms with E-state index in [-0.39, 0.29) is 24.7 Å². The highest BCUT2D eigenvalue weighted by molar-refractivity contribution is 9.10. The molecule has 0 atom stereocenters. The molecule has 0 radical (unpaired) electrons. The number of nitro benzene ring substituents is 1. The number of aryl methyl sites for hydroxylation is 1. The SMILES string of the molecule is Cc1ccc([N+](=O)[O-])cc1NC(=O)CN1C(=O)COc2ccc(Br)nc21. The first-order valence-electron chi connectivity index (χ1n) is 7.50. The number of fused-ring (bicyclic) bond motifs is 1. The molecule has 134 valence electrons. The fourth-order valence-electron chi connectivity index (χ4n) is 2.41. The second-order valence-electron chi connectivity index (χ2n) is 5.53. The second kappa shape index (κ2) is 7.08. The van der Waals surface area contributed by atoms with Crippen molar-refractivity contribution in [1.82, 2.24) is 4.98 Å². The third-order valence-corrected chi connectivity index (χ3v) is 4.16. The molecule has 1 aromatic carbocycles. The minimum Gasteiger partial charge on any atom is -0.480 e. The molecule has 2 heterocycles. The fourth-order valence-corrected chi connectivity index (χ4v) is 2.71. The van der Waals surface area contributed by atoms with Gasteiger partial charge in [0.1, 0.15) is 11.1 Å². The van der Waals surface area contributed by atoms with Crippen LogP contribution in [0.4, 0.5) is 17.2 Å². The van der Waals surface area contributed by atoms with E-state index in [9.17, 15) is 19.7 Å². The first-order chi connectivity index (χ1) is 12.3. The third kappa shape index (κ3) is 3.64. The summed E-state index contributed by atoms with van der Waals surface area (Å²) in [4.78, 5) is 40.3. The van der Waals surface area contributed by atoms with Gasteiger partial charge in [0.2, 0.25) is 5.91 Å². The Hall–Kier alpha value is -3.01. The van der Waals surface area contributed by atoms with E-state index >= 15 is 0 Å². The molecule has 26 heavy (non-hydrogen) atoms. The number of carbonyl (C=O) groups is 2. The Kier molecular flexibility index (Phi) is 4.85. The maximum atomic E-state index is 12.4. The van der Waals surface area contributed by atoms with Crippen molar-refractivity contribution in [2.24, 2.45) is 0 Å². The van der Waals surface area contributed by atoms with Crippen molar-refractivity contribution >= 4 is 44.9 Å². The number of anilines is 2. The number of nitrogens with one attached hydrogen (secondary N) is 1. The van der Waals surface area contributed by atoms with Gasteiger partial charge in [0.15, 0.2) is 18.2 Å². The Morgan fingerprint density at radius 2 is 2.19 bits per heavy atom. The summed E-state index contributed by atoms with van der Waals surface area (Å²) < 4.78 is 5.80. The zero-order valence-electron chi connectivity index (χ0n) is 13.6. The Morgan fingerprint density at radius 1 is 1.42 bits per heavy atom. The first kappa shape index (κ1) is 17.8. The summed E-state index contributed by atoms with van der Waals surface area (Å²) >= 11 is 3.22. The van der Waals surface area contributed by atoms with E-state index in [2.05, 4.69) is 26.2 Å². The van der Waals surface area contributed by atoms with Crippen LogP contribution < -0.4 is 15.0 Å². The van der Waals surface area contributed by atoms with Gasteiger partial charge in [0.05, 0.1) is 10.6 Å². The predicted octanol–water partition coefficient (Wildman–Crippen LogP) is 2.42. The van der Waals surface area contributed by atoms with Crippen LogP contribution in [0.3, 0.4) is 0 Å². The lowest BCUT2D eigenvalue weighted by molar-refractivity contribution is -0.384. The van der Waals surface area contributed by atoms with Crippen LogP contribution >= 0.6 is 15.9 Å². The standard InChI is InChI=1S/C16H13BrN4O5/c1-9-2-3-10(21(24)25)6-11(9)18-14(22)7-20-15(23)8-26-12-4-5-13(17)19-16(12)20/h2-6H,7-8H2,1H3,(H,18,22). The van der Waals surface area contributed by atoms with Crippen molar-refractivity contribution in [2.45, 2.75) is 6.92 Å². The highest BCUT2D eigenvalue weighted by Crippen LogP contribution is 2.31. The van der Waals surface area contributed by atoms with Crippen molar-refractivity contribution < 1.29 is 19.2 Å². The molecule has 3 rings (SSSR count). The summed E-state index contributed by atoms with van der Waals surface area (Å²) in [6.45, 7) is 1.23. The summed E-state index contributed by atoms with van der Waals surface area (Å²) in [5.74, 6) is -0.278. The normalized spacial score (nSPS) is 13.0. The number of hydrogen-bond acceptors (Lipinski definition) is 6. The predicted molar refractivity (Wildman–Crippen MR) is 96.2 cm³/mol. The highest BCUT2D eigenvalue weighted by Gasteiger charge is 2.29. The van der Waals surface area contributed by atoms with E-state index in [1.54, 1.807) is 25.1 Å². The Balaban J connectivity index is 1.81. The molecule has 0 unspecified atom stereocenters. The minimum atomic E-state index is -0.543. The number of nitrogens with zero attached hydrogens (tertiary/aromatic N) is 3. The quantitative estimate of drug-likeness (QED) is 0.461. The van der Waals surface area contributed by atoms with Crippen LogP contribution in [0.15, 0.2) is 34.9 Å². The molecule has 0 bridgehead atoms. The molecule has 0 spiro atoms. The minimum absolute atomic E-state index is 0.135. The van der Waals surface area contributed by atoms with Gasteiger partial charge in [0.25, 0.3) is 11.6 Å². The van der Waals surface area contributed by atoms with Gasteiger partial charge in [-0.05, 0) is 40.5 Å². The van der Waals surface area contributed by atoms with Crippen molar-refractivity contribution in [3.05, 3.63) is 50.6 Å². The van der Waals surface area contributed by atoms with Crippen molar-refractivity contribution in [3.8, 4) is 5.75 Å². The molecule has 0 fully saturated rings. The number of non-ortho nitro benzene ring substituents is 1. The first-order valence-corrected chi connectivity index (χ1v) is 8.29. The molecule has 1 aliphatic rings. The average molecular weight is 421 g/mol. The lowest BCUT2D eigenvalue weighted by Crippen LogP contribution is -2.44. The van der Waals surface area contributed by atoms with Crippen molar-refractivity contribution in [3.63, 3.8) is 0 Å². The fraction of sp³-hybridized carbons (Fsp3) is 0.188. The zero-order valence-corrected chi connectivity index (χ0v) is 15.1. The number of aromatic nitrogens is 1. The van der Waals surface area contributed by atoms with Crippen molar-refractivity contribution in [2.75, 3.05) is 23.4 Å². The number of pyridine rings is 1. The number of nitro groups is 1. The lowest BCUT2D eigenvalue weighted by Gasteiger charge is -2.27. The molecule has 0 saturated carbocycles. The molecule has 1 N–H and O–H groups in total. The molecule has 2 amide bonds. The van der Waals surface area contributed by atoms with Crippen LogP contribution in [0.5, 0.6) is 5.75 Å². The van der Waals surface area contributed by atoms with E-state index in [0.29, 0.717) is 21.6 Å². The van der Waals surface area contributed by atoms with E-state index in [1.807, 2.05) is 0 Å². The molecule has 1 aromatic heterocycles. The Bertz CT molecular complexity index is 918. The van der Waals surface area contributed by atoms with Gasteiger partial charge in [-0.25, -0.2) is 4.98 Å². The van der Waals surface area contributed by atoms with Gasteiger partial charge in [-0.1, -0.05) is 6.07 Å². The molecule has 1 aliphatic heterocycles. The summed E-state index contributed by atoms with van der Waals surface area (Å²) in [5, 5.41) is 13.5. The number of halogens is 1. The van der Waals surface area contributed by atoms with Gasteiger partial charge >= 0.3 is 0 Å². The van der Waals surface area contributed by atoms with Crippen LogP contribution in [-0.2, 0) is 9.59 Å². The van der Waals surface area contributed by atoms with Crippen molar-refractivity contribution in [1.29, 1.82) is 0 Å². The molecule has 0 saturated heterocycles. The number of hydrogen-bond donors (Lipinski definition) is 1. The van der Waals surface area contributed by atoms with Gasteiger partial charge in [-0.15, -0.1) is 0 Å². The topological polar surface area (TPSA) is 115 Å². The van der Waals surface area contributed by atoms with Crippen LogP contribution in [0.25, 0.3) is 0 Å². The van der Waals surface area contributed by atoms with Gasteiger partial charge in [-0.2, -0.15) is 0 Å². The van der Waals surface area contributed by atoms with E-state index in [4.69, 9.17) is 4.74 Å². The van der Waals surface area contributed by atoms with Gasteiger partial charge in [-0.3, -0.25) is 24.6 Å². The van der Waals surface area contributed by atoms with Gasteiger partial charge < -0.3 is 10.1 Å². The molecule has 0 aliphatic carbocycles. The molecule has 10 heteroatoms. The third-order valence-electron chi connectivity index (χ3n) is 3.72. The van der Waals surface area contributed by atoms with Crippen LogP contribution in [-0.4, -0.2) is 34.9 Å². The van der Waals surface area contributed by atoms with E-state index in [1.165, 1.54) is 17.0 Å². The van der Waals surface area contributed by atoms with Crippen LogP contribution in [0.2, 0.25) is 0 Å². The lowest BCUT2D eigenvalue weighted by atomic mass is 10.2. The second-order valence-corrected chi connectivity index (χ2v) is 6.34. The Morgan fingerprint density at radius 3 is 2.92 bits per heavy atom. The summed E-state index contributed by atoms with van der Waals surface area (Å²) in [6.07, 6.45) is 0. The molecule has 2 aromatic rings.